The molecule has 0 atom stereocenters. The molecule has 0 spiro atoms. The number of hydrogen-bond acceptors (Lipinski definition) is 6. The predicted octanol–water partition coefficient (Wildman–Crippen LogP) is 2.66. The van der Waals surface area contributed by atoms with E-state index in [2.05, 4.69) is 20.9 Å². The van der Waals surface area contributed by atoms with E-state index in [1.54, 1.807) is 24.5 Å². The van der Waals surface area contributed by atoms with Crippen molar-refractivity contribution in [2.24, 2.45) is 0 Å². The van der Waals surface area contributed by atoms with Crippen molar-refractivity contribution in [2.75, 3.05) is 7.11 Å². The van der Waals surface area contributed by atoms with Gasteiger partial charge in [-0.15, -0.1) is 0 Å². The summed E-state index contributed by atoms with van der Waals surface area (Å²) in [5.74, 6) is -0.500. The Labute approximate surface area is 169 Å². The van der Waals surface area contributed by atoms with Crippen molar-refractivity contribution in [3.63, 3.8) is 0 Å². The number of halogens is 1. The van der Waals surface area contributed by atoms with Crippen LogP contribution in [0.3, 0.4) is 0 Å². The average molecular weight is 414 g/mol. The summed E-state index contributed by atoms with van der Waals surface area (Å²) in [6, 6.07) is 5.20. The fraction of sp³-hybridized carbons (Fsp3) is 0.158. The molecule has 148 valence electrons. The van der Waals surface area contributed by atoms with Crippen LogP contribution in [0.5, 0.6) is 0 Å². The fourth-order valence-corrected chi connectivity index (χ4v) is 3.28. The van der Waals surface area contributed by atoms with Crippen LogP contribution in [0.2, 0.25) is 5.02 Å². The molecule has 0 saturated heterocycles. The number of rotatable bonds is 5. The third kappa shape index (κ3) is 3.41. The standard InChI is InChI=1S/C19H16ClN5O4/c1-10-6-11-15(20)14(29-16(11)12(7-10)19(27)24-28-2)9-22-18(26)13-8-23-25-5-3-4-21-17(13)25/h3-8H,9H2,1-2H3,(H,22,26)(H,24,27). The van der Waals surface area contributed by atoms with Crippen molar-refractivity contribution in [3.8, 4) is 0 Å². The van der Waals surface area contributed by atoms with Crippen molar-refractivity contribution in [1.29, 1.82) is 0 Å². The van der Waals surface area contributed by atoms with E-state index >= 15 is 0 Å². The second-order valence-corrected chi connectivity index (χ2v) is 6.67. The summed E-state index contributed by atoms with van der Waals surface area (Å²) in [6.07, 6.45) is 4.72. The molecule has 3 aromatic heterocycles. The topological polar surface area (TPSA) is 111 Å². The molecule has 29 heavy (non-hydrogen) atoms. The van der Waals surface area contributed by atoms with Crippen molar-refractivity contribution in [2.45, 2.75) is 13.5 Å². The number of carbonyl (C=O) groups excluding carboxylic acids is 2. The van der Waals surface area contributed by atoms with Gasteiger partial charge in [0.2, 0.25) is 0 Å². The number of fused-ring (bicyclic) bond motifs is 2. The molecule has 0 bridgehead atoms. The number of benzene rings is 1. The first-order chi connectivity index (χ1) is 14.0. The van der Waals surface area contributed by atoms with E-state index in [0.29, 0.717) is 33.0 Å². The lowest BCUT2D eigenvalue weighted by Crippen LogP contribution is -2.22. The van der Waals surface area contributed by atoms with Crippen LogP contribution in [-0.2, 0) is 11.4 Å². The number of nitrogens with zero attached hydrogens (tertiary/aromatic N) is 3. The largest absolute Gasteiger partial charge is 0.457 e. The van der Waals surface area contributed by atoms with Gasteiger partial charge in [-0.05, 0) is 30.7 Å². The molecule has 1 aromatic carbocycles. The Hall–Kier alpha value is -3.43. The first kappa shape index (κ1) is 18.9. The van der Waals surface area contributed by atoms with Gasteiger partial charge in [0.15, 0.2) is 5.65 Å². The summed E-state index contributed by atoms with van der Waals surface area (Å²) in [4.78, 5) is 33.7. The quantitative estimate of drug-likeness (QED) is 0.486. The van der Waals surface area contributed by atoms with Crippen LogP contribution in [0, 0.1) is 6.92 Å². The molecule has 0 radical (unpaired) electrons. The maximum Gasteiger partial charge on any atom is 0.278 e. The zero-order valence-corrected chi connectivity index (χ0v) is 16.3. The number of aryl methyl sites for hydroxylation is 1. The van der Waals surface area contributed by atoms with Gasteiger partial charge in [0.1, 0.15) is 16.9 Å². The van der Waals surface area contributed by atoms with E-state index in [0.717, 1.165) is 5.56 Å². The molecule has 2 amide bonds. The summed E-state index contributed by atoms with van der Waals surface area (Å²) in [7, 11) is 1.34. The van der Waals surface area contributed by atoms with Crippen LogP contribution in [0.15, 0.2) is 41.2 Å². The first-order valence-corrected chi connectivity index (χ1v) is 8.98. The summed E-state index contributed by atoms with van der Waals surface area (Å²) >= 11 is 6.45. The van der Waals surface area contributed by atoms with E-state index in [1.807, 2.05) is 13.0 Å². The molecule has 0 unspecified atom stereocenters. The Kier molecular flexibility index (Phi) is 4.91. The van der Waals surface area contributed by atoms with Gasteiger partial charge in [0.05, 0.1) is 30.4 Å². The highest BCUT2D eigenvalue weighted by Gasteiger charge is 2.21. The lowest BCUT2D eigenvalue weighted by Gasteiger charge is -2.04. The zero-order chi connectivity index (χ0) is 20.5. The molecule has 0 aliphatic carbocycles. The highest BCUT2D eigenvalue weighted by Crippen LogP contribution is 2.33. The number of hydrogen-bond donors (Lipinski definition) is 2. The van der Waals surface area contributed by atoms with Gasteiger partial charge >= 0.3 is 0 Å². The van der Waals surface area contributed by atoms with Gasteiger partial charge in [0.25, 0.3) is 11.8 Å². The monoisotopic (exact) mass is 413 g/mol. The predicted molar refractivity (Wildman–Crippen MR) is 105 cm³/mol. The summed E-state index contributed by atoms with van der Waals surface area (Å²) in [6.45, 7) is 1.87. The van der Waals surface area contributed by atoms with Gasteiger partial charge in [-0.2, -0.15) is 5.10 Å². The molecule has 0 saturated carbocycles. The van der Waals surface area contributed by atoms with E-state index in [-0.39, 0.29) is 18.0 Å². The van der Waals surface area contributed by atoms with Crippen LogP contribution in [0.4, 0.5) is 0 Å². The van der Waals surface area contributed by atoms with Crippen LogP contribution in [0.25, 0.3) is 16.6 Å². The number of carbonyl (C=O) groups is 2. The molecule has 9 nitrogen and oxygen atoms in total. The second kappa shape index (κ2) is 7.53. The Morgan fingerprint density at radius 1 is 1.28 bits per heavy atom. The number of nitrogens with one attached hydrogen (secondary N) is 2. The van der Waals surface area contributed by atoms with Crippen LogP contribution >= 0.6 is 11.6 Å². The van der Waals surface area contributed by atoms with Crippen LogP contribution in [0.1, 0.15) is 32.0 Å². The molecular formula is C19H16ClN5O4. The average Bonchev–Trinajstić information content (AvgIpc) is 3.28. The van der Waals surface area contributed by atoms with Crippen molar-refractivity contribution >= 4 is 40.0 Å². The van der Waals surface area contributed by atoms with E-state index in [1.165, 1.54) is 17.8 Å². The molecular weight excluding hydrogens is 398 g/mol. The molecule has 3 heterocycles. The van der Waals surface area contributed by atoms with Crippen molar-refractivity contribution in [3.05, 3.63) is 64.3 Å². The lowest BCUT2D eigenvalue weighted by atomic mass is 10.1. The minimum Gasteiger partial charge on any atom is -0.457 e. The summed E-state index contributed by atoms with van der Waals surface area (Å²) < 4.78 is 7.31. The highest BCUT2D eigenvalue weighted by molar-refractivity contribution is 6.36. The van der Waals surface area contributed by atoms with Crippen molar-refractivity contribution in [1.82, 2.24) is 25.4 Å². The van der Waals surface area contributed by atoms with E-state index in [4.69, 9.17) is 20.9 Å². The third-order valence-corrected chi connectivity index (χ3v) is 4.73. The maximum atomic E-state index is 12.6. The van der Waals surface area contributed by atoms with Gasteiger partial charge in [-0.25, -0.2) is 15.0 Å². The summed E-state index contributed by atoms with van der Waals surface area (Å²) in [5.41, 5.74) is 4.47. The third-order valence-electron chi connectivity index (χ3n) is 4.31. The number of amides is 2. The van der Waals surface area contributed by atoms with Crippen LogP contribution < -0.4 is 10.8 Å². The fourth-order valence-electron chi connectivity index (χ4n) is 3.04. The number of hydroxylamine groups is 1. The molecule has 0 aliphatic rings. The minimum atomic E-state index is -0.459. The highest BCUT2D eigenvalue weighted by atomic mass is 35.5. The molecule has 0 aliphatic heterocycles. The molecule has 10 heteroatoms. The van der Waals surface area contributed by atoms with Gasteiger partial charge in [0, 0.05) is 17.8 Å². The second-order valence-electron chi connectivity index (χ2n) is 6.29. The zero-order valence-electron chi connectivity index (χ0n) is 15.5. The molecule has 0 fully saturated rings. The number of aromatic nitrogens is 3. The minimum absolute atomic E-state index is 0.0287. The van der Waals surface area contributed by atoms with Gasteiger partial charge in [-0.1, -0.05) is 11.6 Å². The molecule has 2 N–H and O–H groups in total. The smallest absolute Gasteiger partial charge is 0.278 e. The molecule has 4 aromatic rings. The Balaban J connectivity index is 1.63. The van der Waals surface area contributed by atoms with E-state index < -0.39 is 5.91 Å². The Bertz CT molecular complexity index is 1250. The number of furan rings is 1. The SMILES string of the molecule is CONC(=O)c1cc(C)cc2c(Cl)c(CNC(=O)c3cnn4cccnc34)oc12. The van der Waals surface area contributed by atoms with E-state index in [9.17, 15) is 9.59 Å². The Morgan fingerprint density at radius 2 is 2.10 bits per heavy atom. The first-order valence-electron chi connectivity index (χ1n) is 8.61. The molecule has 4 rings (SSSR count). The normalized spacial score (nSPS) is 11.1. The Morgan fingerprint density at radius 3 is 2.90 bits per heavy atom. The van der Waals surface area contributed by atoms with Crippen LogP contribution in [-0.4, -0.2) is 33.5 Å². The van der Waals surface area contributed by atoms with Gasteiger partial charge in [-0.3, -0.25) is 14.4 Å². The maximum absolute atomic E-state index is 12.6. The van der Waals surface area contributed by atoms with Gasteiger partial charge < -0.3 is 9.73 Å². The lowest BCUT2D eigenvalue weighted by molar-refractivity contribution is 0.0538. The summed E-state index contributed by atoms with van der Waals surface area (Å²) in [5, 5.41) is 7.75. The van der Waals surface area contributed by atoms with Crippen molar-refractivity contribution < 1.29 is 18.8 Å².